The highest BCUT2D eigenvalue weighted by atomic mass is 32.2. The van der Waals surface area contributed by atoms with Gasteiger partial charge in [0.2, 0.25) is 0 Å². The summed E-state index contributed by atoms with van der Waals surface area (Å²) >= 11 is 0. The van der Waals surface area contributed by atoms with Crippen molar-refractivity contribution in [2.75, 3.05) is 5.32 Å². The second-order valence-corrected chi connectivity index (χ2v) is 8.14. The number of sulfonamides is 1. The molecule has 0 aliphatic rings. The summed E-state index contributed by atoms with van der Waals surface area (Å²) in [5.41, 5.74) is 4.68. The molecule has 138 valence electrons. The average Bonchev–Trinajstić information content (AvgIpc) is 2.64. The van der Waals surface area contributed by atoms with Crippen molar-refractivity contribution in [1.82, 2.24) is 0 Å². The molecule has 0 aliphatic heterocycles. The van der Waals surface area contributed by atoms with E-state index < -0.39 is 10.0 Å². The van der Waals surface area contributed by atoms with Crippen LogP contribution >= 0.6 is 0 Å². The molecule has 3 rings (SSSR count). The Balaban J connectivity index is 2.07. The maximum absolute atomic E-state index is 12.8. The Morgan fingerprint density at radius 2 is 1.44 bits per heavy atom. The lowest BCUT2D eigenvalue weighted by atomic mass is 10.1. The van der Waals surface area contributed by atoms with Gasteiger partial charge in [-0.2, -0.15) is 8.42 Å². The van der Waals surface area contributed by atoms with Gasteiger partial charge >= 0.3 is 0 Å². The second kappa shape index (κ2) is 7.76. The molecule has 0 spiro atoms. The van der Waals surface area contributed by atoms with Gasteiger partial charge in [-0.15, -0.1) is 4.40 Å². The third-order valence-electron chi connectivity index (χ3n) is 4.21. The van der Waals surface area contributed by atoms with Gasteiger partial charge in [-0.3, -0.25) is 0 Å². The van der Waals surface area contributed by atoms with Crippen molar-refractivity contribution in [3.8, 4) is 0 Å². The zero-order chi connectivity index (χ0) is 19.4. The van der Waals surface area contributed by atoms with Crippen LogP contribution in [0, 0.1) is 20.8 Å². The summed E-state index contributed by atoms with van der Waals surface area (Å²) in [5.74, 6) is 0.295. The van der Waals surface area contributed by atoms with E-state index in [2.05, 4.69) is 9.71 Å². The van der Waals surface area contributed by atoms with E-state index in [0.717, 1.165) is 22.4 Å². The van der Waals surface area contributed by atoms with Gasteiger partial charge in [0.1, 0.15) is 0 Å². The number of rotatable bonds is 4. The molecule has 4 nitrogen and oxygen atoms in total. The van der Waals surface area contributed by atoms with Gasteiger partial charge in [0.05, 0.1) is 4.90 Å². The van der Waals surface area contributed by atoms with Gasteiger partial charge in [0, 0.05) is 11.3 Å². The zero-order valence-corrected chi connectivity index (χ0v) is 16.4. The Morgan fingerprint density at radius 3 is 2.07 bits per heavy atom. The van der Waals surface area contributed by atoms with Crippen LogP contribution in [0.2, 0.25) is 0 Å². The van der Waals surface area contributed by atoms with Gasteiger partial charge < -0.3 is 5.32 Å². The highest BCUT2D eigenvalue weighted by Gasteiger charge is 2.16. The number of hydrogen-bond acceptors (Lipinski definition) is 2. The van der Waals surface area contributed by atoms with Crippen LogP contribution in [0.25, 0.3) is 0 Å². The fourth-order valence-corrected chi connectivity index (χ4v) is 3.69. The molecule has 0 radical (unpaired) electrons. The van der Waals surface area contributed by atoms with E-state index in [1.54, 1.807) is 24.3 Å². The summed E-state index contributed by atoms with van der Waals surface area (Å²) in [6, 6.07) is 21.9. The van der Waals surface area contributed by atoms with Crippen LogP contribution in [0.1, 0.15) is 22.3 Å². The molecule has 0 saturated carbocycles. The predicted octanol–water partition coefficient (Wildman–Crippen LogP) is 4.86. The highest BCUT2D eigenvalue weighted by molar-refractivity contribution is 7.90. The molecule has 3 aromatic rings. The van der Waals surface area contributed by atoms with Crippen molar-refractivity contribution in [3.63, 3.8) is 0 Å². The van der Waals surface area contributed by atoms with Gasteiger partial charge in [-0.05, 0) is 44.5 Å². The molecular weight excluding hydrogens is 356 g/mol. The Labute approximate surface area is 160 Å². The smallest absolute Gasteiger partial charge is 0.284 e. The number of anilines is 1. The molecule has 0 atom stereocenters. The number of benzene rings is 3. The first-order valence-corrected chi connectivity index (χ1v) is 10.1. The number of nitrogens with one attached hydrogen (secondary N) is 1. The van der Waals surface area contributed by atoms with E-state index in [-0.39, 0.29) is 4.90 Å². The molecule has 0 aliphatic carbocycles. The average molecular weight is 378 g/mol. The number of nitrogens with zero attached hydrogens (tertiary/aromatic N) is 1. The maximum Gasteiger partial charge on any atom is 0.284 e. The summed E-state index contributed by atoms with van der Waals surface area (Å²) in [7, 11) is -3.84. The summed E-state index contributed by atoms with van der Waals surface area (Å²) in [5, 5.41) is 3.20. The van der Waals surface area contributed by atoms with Crippen LogP contribution in [-0.2, 0) is 10.0 Å². The number of aryl methyl sites for hydroxylation is 3. The Morgan fingerprint density at radius 1 is 0.815 bits per heavy atom. The van der Waals surface area contributed by atoms with E-state index in [0.29, 0.717) is 11.4 Å². The van der Waals surface area contributed by atoms with Crippen LogP contribution < -0.4 is 5.32 Å². The van der Waals surface area contributed by atoms with E-state index in [9.17, 15) is 8.42 Å². The Hall–Kier alpha value is -2.92. The molecule has 5 heteroatoms. The quantitative estimate of drug-likeness (QED) is 0.521. The lowest BCUT2D eigenvalue weighted by Crippen LogP contribution is -2.17. The van der Waals surface area contributed by atoms with E-state index >= 15 is 0 Å². The minimum Gasteiger partial charge on any atom is -0.339 e. The SMILES string of the molecule is Cc1ccc(S(=O)(=O)/N=C(\Nc2ccc(C)cc2C)c2ccccc2)cc1. The molecule has 0 amide bonds. The van der Waals surface area contributed by atoms with Crippen molar-refractivity contribution >= 4 is 21.5 Å². The third kappa shape index (κ3) is 4.63. The third-order valence-corrected chi connectivity index (χ3v) is 5.50. The lowest BCUT2D eigenvalue weighted by Gasteiger charge is -2.13. The van der Waals surface area contributed by atoms with Crippen molar-refractivity contribution in [3.05, 3.63) is 95.1 Å². The molecule has 0 aromatic heterocycles. The summed E-state index contributed by atoms with van der Waals surface area (Å²) in [4.78, 5) is 0.170. The monoisotopic (exact) mass is 378 g/mol. The molecule has 1 N–H and O–H groups in total. The highest BCUT2D eigenvalue weighted by Crippen LogP contribution is 2.20. The first-order valence-electron chi connectivity index (χ1n) is 8.66. The van der Waals surface area contributed by atoms with Crippen LogP contribution in [0.3, 0.4) is 0 Å². The van der Waals surface area contributed by atoms with Crippen molar-refractivity contribution in [1.29, 1.82) is 0 Å². The van der Waals surface area contributed by atoms with Gasteiger partial charge in [-0.1, -0.05) is 65.7 Å². The molecule has 0 unspecified atom stereocenters. The first kappa shape index (κ1) is 18.9. The van der Waals surface area contributed by atoms with Gasteiger partial charge in [-0.25, -0.2) is 0 Å². The first-order chi connectivity index (χ1) is 12.8. The van der Waals surface area contributed by atoms with Crippen LogP contribution in [0.4, 0.5) is 5.69 Å². The molecule has 3 aromatic carbocycles. The maximum atomic E-state index is 12.8. The van der Waals surface area contributed by atoms with Crippen molar-refractivity contribution < 1.29 is 8.42 Å². The molecular formula is C22H22N2O2S. The minimum atomic E-state index is -3.84. The van der Waals surface area contributed by atoms with Crippen LogP contribution in [-0.4, -0.2) is 14.3 Å². The van der Waals surface area contributed by atoms with E-state index in [4.69, 9.17) is 0 Å². The fraction of sp³-hybridized carbons (Fsp3) is 0.136. The zero-order valence-electron chi connectivity index (χ0n) is 15.6. The molecule has 0 bridgehead atoms. The van der Waals surface area contributed by atoms with E-state index in [1.807, 2.05) is 69.3 Å². The molecule has 0 fully saturated rings. The Bertz CT molecular complexity index is 1070. The summed E-state index contributed by atoms with van der Waals surface area (Å²) < 4.78 is 29.8. The van der Waals surface area contributed by atoms with Crippen molar-refractivity contribution in [2.45, 2.75) is 25.7 Å². The number of hydrogen-bond donors (Lipinski definition) is 1. The largest absolute Gasteiger partial charge is 0.339 e. The molecule has 0 heterocycles. The summed E-state index contributed by atoms with van der Waals surface area (Å²) in [6.07, 6.45) is 0. The van der Waals surface area contributed by atoms with Crippen molar-refractivity contribution in [2.24, 2.45) is 4.40 Å². The fourth-order valence-electron chi connectivity index (χ4n) is 2.71. The van der Waals surface area contributed by atoms with Crippen LogP contribution in [0.5, 0.6) is 0 Å². The molecule has 27 heavy (non-hydrogen) atoms. The normalized spacial score (nSPS) is 12.0. The van der Waals surface area contributed by atoms with Crippen LogP contribution in [0.15, 0.2) is 82.1 Å². The Kier molecular flexibility index (Phi) is 5.42. The van der Waals surface area contributed by atoms with E-state index in [1.165, 1.54) is 0 Å². The van der Waals surface area contributed by atoms with Gasteiger partial charge in [0.15, 0.2) is 5.84 Å². The minimum absolute atomic E-state index is 0.170. The predicted molar refractivity (Wildman–Crippen MR) is 111 cm³/mol. The molecule has 0 saturated heterocycles. The standard InChI is InChI=1S/C22H22N2O2S/c1-16-9-12-20(13-10-16)27(25,26)24-22(19-7-5-4-6-8-19)23-21-14-11-17(2)15-18(21)3/h4-15H,1-3H3,(H,23,24). The topological polar surface area (TPSA) is 58.5 Å². The number of amidine groups is 1. The van der Waals surface area contributed by atoms with Gasteiger partial charge in [0.25, 0.3) is 10.0 Å². The lowest BCUT2D eigenvalue weighted by molar-refractivity contribution is 0.598. The second-order valence-electron chi connectivity index (χ2n) is 6.54. The summed E-state index contributed by atoms with van der Waals surface area (Å²) in [6.45, 7) is 5.91.